The molecule has 2 amide bonds. The summed E-state index contributed by atoms with van der Waals surface area (Å²) < 4.78 is 7.28. The zero-order chi connectivity index (χ0) is 27.7. The summed E-state index contributed by atoms with van der Waals surface area (Å²) in [5.74, 6) is -0.0558. The van der Waals surface area contributed by atoms with Crippen LogP contribution in [0.15, 0.2) is 54.6 Å². The molecular weight excluding hydrogens is 523 g/mol. The van der Waals surface area contributed by atoms with Gasteiger partial charge in [-0.1, -0.05) is 94.1 Å². The molecule has 9 heteroatoms. The highest BCUT2D eigenvalue weighted by atomic mass is 35.5. The molecule has 0 spiro atoms. The second kappa shape index (κ2) is 13.8. The highest BCUT2D eigenvalue weighted by molar-refractivity contribution is 6.42. The minimum absolute atomic E-state index is 0.0886. The van der Waals surface area contributed by atoms with Gasteiger partial charge in [-0.3, -0.25) is 9.59 Å². The van der Waals surface area contributed by atoms with Gasteiger partial charge in [0.15, 0.2) is 0 Å². The van der Waals surface area contributed by atoms with Crippen LogP contribution in [0, 0.1) is 0 Å². The highest BCUT2D eigenvalue weighted by Gasteiger charge is 2.23. The number of hydrogen-bond donors (Lipinski definition) is 1. The maximum absolute atomic E-state index is 13.2. The molecule has 0 aliphatic heterocycles. The molecule has 0 aliphatic rings. The molecule has 7 nitrogen and oxygen atoms in total. The van der Waals surface area contributed by atoms with Gasteiger partial charge in [-0.15, -0.1) is 0 Å². The van der Waals surface area contributed by atoms with E-state index in [0.29, 0.717) is 34.7 Å². The van der Waals surface area contributed by atoms with Crippen LogP contribution < -0.4 is 5.32 Å². The van der Waals surface area contributed by atoms with E-state index in [2.05, 4.69) is 12.2 Å². The van der Waals surface area contributed by atoms with Crippen LogP contribution in [-0.2, 0) is 26.3 Å². The molecule has 0 unspecified atom stereocenters. The van der Waals surface area contributed by atoms with Crippen molar-refractivity contribution in [3.63, 3.8) is 0 Å². The van der Waals surface area contributed by atoms with Crippen LogP contribution in [0.5, 0.6) is 0 Å². The number of anilines is 1. The van der Waals surface area contributed by atoms with E-state index >= 15 is 0 Å². The summed E-state index contributed by atoms with van der Waals surface area (Å²) in [5.41, 5.74) is 2.19. The molecule has 0 fully saturated rings. The summed E-state index contributed by atoms with van der Waals surface area (Å²) in [4.78, 5) is 27.7. The molecule has 2 aromatic carbocycles. The van der Waals surface area contributed by atoms with Gasteiger partial charge >= 0.3 is 0 Å². The Morgan fingerprint density at radius 3 is 2.42 bits per heavy atom. The number of nitrogens with zero attached hydrogens (tertiary/aromatic N) is 3. The maximum atomic E-state index is 13.2. The number of rotatable bonds is 12. The second-order valence-electron chi connectivity index (χ2n) is 10.2. The van der Waals surface area contributed by atoms with Crippen molar-refractivity contribution in [1.82, 2.24) is 14.7 Å². The Kier molecular flexibility index (Phi) is 10.8. The first-order chi connectivity index (χ1) is 18.1. The minimum atomic E-state index is -0.320. The van der Waals surface area contributed by atoms with Crippen LogP contribution in [-0.4, -0.2) is 46.2 Å². The van der Waals surface area contributed by atoms with Crippen molar-refractivity contribution in [2.45, 2.75) is 59.0 Å². The molecule has 204 valence electrons. The van der Waals surface area contributed by atoms with Gasteiger partial charge in [-0.25, -0.2) is 4.68 Å². The predicted octanol–water partition coefficient (Wildman–Crippen LogP) is 6.65. The fourth-order valence-corrected chi connectivity index (χ4v) is 4.06. The van der Waals surface area contributed by atoms with Crippen LogP contribution in [0.25, 0.3) is 5.69 Å². The van der Waals surface area contributed by atoms with Gasteiger partial charge in [0.2, 0.25) is 11.8 Å². The second-order valence-corrected chi connectivity index (χ2v) is 11.0. The number of hydrogen-bond acceptors (Lipinski definition) is 4. The molecule has 0 bridgehead atoms. The first-order valence-electron chi connectivity index (χ1n) is 12.8. The number of carbonyl (C=O) groups excluding carboxylic acids is 2. The largest absolute Gasteiger partial charge is 0.367 e. The number of amides is 2. The van der Waals surface area contributed by atoms with Gasteiger partial charge in [0.05, 0.1) is 34.6 Å². The van der Waals surface area contributed by atoms with Gasteiger partial charge in [0.25, 0.3) is 0 Å². The van der Waals surface area contributed by atoms with E-state index < -0.39 is 0 Å². The quantitative estimate of drug-likeness (QED) is 0.252. The monoisotopic (exact) mass is 558 g/mol. The predicted molar refractivity (Wildman–Crippen MR) is 153 cm³/mol. The summed E-state index contributed by atoms with van der Waals surface area (Å²) in [7, 11) is 0. The average molecular weight is 560 g/mol. The molecule has 0 saturated carbocycles. The third-order valence-electron chi connectivity index (χ3n) is 5.95. The van der Waals surface area contributed by atoms with Crippen molar-refractivity contribution < 1.29 is 14.3 Å². The standard InChI is InChI=1S/C29H36Cl2N4O3/c1-5-6-10-15-34(28(37)20-38-19-21-11-8-7-9-12-21)18-27(36)32-26-17-25(29(2,3)4)33-35(26)22-13-14-23(30)24(31)16-22/h7-9,11-14,16-17H,5-6,10,15,18-20H2,1-4H3,(H,32,36). The Balaban J connectivity index is 1.74. The maximum Gasteiger partial charge on any atom is 0.249 e. The zero-order valence-corrected chi connectivity index (χ0v) is 24.0. The summed E-state index contributed by atoms with van der Waals surface area (Å²) in [5, 5.41) is 8.48. The number of nitrogens with one attached hydrogen (secondary N) is 1. The number of ether oxygens (including phenoxy) is 1. The lowest BCUT2D eigenvalue weighted by Gasteiger charge is -2.22. The normalized spacial score (nSPS) is 11.4. The lowest BCUT2D eigenvalue weighted by Crippen LogP contribution is -2.40. The molecule has 0 radical (unpaired) electrons. The SMILES string of the molecule is CCCCCN(CC(=O)Nc1cc(C(C)(C)C)nn1-c1ccc(Cl)c(Cl)c1)C(=O)COCc1ccccc1. The Morgan fingerprint density at radius 1 is 1.03 bits per heavy atom. The van der Waals surface area contributed by atoms with Gasteiger partial charge in [-0.2, -0.15) is 5.10 Å². The summed E-state index contributed by atoms with van der Waals surface area (Å²) >= 11 is 12.3. The molecule has 1 N–H and O–H groups in total. The molecule has 0 aliphatic carbocycles. The number of unbranched alkanes of at least 4 members (excludes halogenated alkanes) is 2. The van der Waals surface area contributed by atoms with E-state index in [4.69, 9.17) is 33.0 Å². The fourth-order valence-electron chi connectivity index (χ4n) is 3.77. The Morgan fingerprint density at radius 2 is 1.76 bits per heavy atom. The number of halogens is 2. The minimum Gasteiger partial charge on any atom is -0.367 e. The Hall–Kier alpha value is -2.87. The Labute approximate surface area is 235 Å². The molecule has 0 atom stereocenters. The van der Waals surface area contributed by atoms with Crippen LogP contribution in [0.1, 0.15) is 58.2 Å². The van der Waals surface area contributed by atoms with Crippen molar-refractivity contribution in [3.8, 4) is 5.69 Å². The number of carbonyl (C=O) groups is 2. The summed E-state index contributed by atoms with van der Waals surface area (Å²) in [6, 6.07) is 16.7. The summed E-state index contributed by atoms with van der Waals surface area (Å²) in [6.45, 7) is 8.86. The average Bonchev–Trinajstić information content (AvgIpc) is 3.30. The molecule has 3 rings (SSSR count). The third kappa shape index (κ3) is 8.58. The highest BCUT2D eigenvalue weighted by Crippen LogP contribution is 2.29. The van der Waals surface area contributed by atoms with Gasteiger partial charge in [0, 0.05) is 18.0 Å². The van der Waals surface area contributed by atoms with E-state index in [1.807, 2.05) is 57.2 Å². The molecule has 1 heterocycles. The van der Waals surface area contributed by atoms with Crippen LogP contribution in [0.3, 0.4) is 0 Å². The number of benzene rings is 2. The Bertz CT molecular complexity index is 1220. The first kappa shape index (κ1) is 29.7. The fraction of sp³-hybridized carbons (Fsp3) is 0.414. The lowest BCUT2D eigenvalue weighted by molar-refractivity contribution is -0.139. The van der Waals surface area contributed by atoms with Crippen molar-refractivity contribution in [3.05, 3.63) is 75.9 Å². The van der Waals surface area contributed by atoms with Crippen molar-refractivity contribution in [2.75, 3.05) is 25.0 Å². The molecule has 1 aromatic heterocycles. The molecule has 0 saturated heterocycles. The lowest BCUT2D eigenvalue weighted by atomic mass is 9.92. The van der Waals surface area contributed by atoms with E-state index in [0.717, 1.165) is 30.5 Å². The number of aromatic nitrogens is 2. The van der Waals surface area contributed by atoms with Crippen LogP contribution >= 0.6 is 23.2 Å². The van der Waals surface area contributed by atoms with Crippen molar-refractivity contribution in [1.29, 1.82) is 0 Å². The molecule has 3 aromatic rings. The molecule has 38 heavy (non-hydrogen) atoms. The smallest absolute Gasteiger partial charge is 0.249 e. The van der Waals surface area contributed by atoms with E-state index in [1.54, 1.807) is 27.8 Å². The van der Waals surface area contributed by atoms with E-state index in [9.17, 15) is 9.59 Å². The third-order valence-corrected chi connectivity index (χ3v) is 6.69. The van der Waals surface area contributed by atoms with Crippen LogP contribution in [0.2, 0.25) is 10.0 Å². The van der Waals surface area contributed by atoms with Crippen molar-refractivity contribution in [2.24, 2.45) is 0 Å². The first-order valence-corrected chi connectivity index (χ1v) is 13.6. The van der Waals surface area contributed by atoms with Gasteiger partial charge < -0.3 is 15.0 Å². The van der Waals surface area contributed by atoms with E-state index in [-0.39, 0.29) is 30.4 Å². The van der Waals surface area contributed by atoms with Crippen LogP contribution in [0.4, 0.5) is 5.82 Å². The summed E-state index contributed by atoms with van der Waals surface area (Å²) in [6.07, 6.45) is 2.79. The van der Waals surface area contributed by atoms with E-state index in [1.165, 1.54) is 0 Å². The van der Waals surface area contributed by atoms with Crippen molar-refractivity contribution >= 4 is 40.8 Å². The topological polar surface area (TPSA) is 76.5 Å². The van der Waals surface area contributed by atoms with Gasteiger partial charge in [0.1, 0.15) is 12.4 Å². The zero-order valence-electron chi connectivity index (χ0n) is 22.5. The van der Waals surface area contributed by atoms with Gasteiger partial charge in [-0.05, 0) is 30.2 Å². The molecular formula is C29H36Cl2N4O3.